The Morgan fingerprint density at radius 2 is 1.95 bits per heavy atom. The number of benzene rings is 2. The van der Waals surface area contributed by atoms with Gasteiger partial charge in [-0.1, -0.05) is 31.2 Å². The summed E-state index contributed by atoms with van der Waals surface area (Å²) in [6.45, 7) is 1.96. The van der Waals surface area contributed by atoms with Crippen molar-refractivity contribution in [3.63, 3.8) is 0 Å². The molecule has 0 aromatic heterocycles. The molecule has 3 heteroatoms. The van der Waals surface area contributed by atoms with E-state index in [1.807, 2.05) is 61.3 Å². The molecule has 0 aliphatic carbocycles. The first-order chi connectivity index (χ1) is 9.67. The number of rotatable bonds is 4. The topological polar surface area (TPSA) is 47.3 Å². The third-order valence-electron chi connectivity index (χ3n) is 3.41. The Hall–Kier alpha value is -2.31. The van der Waals surface area contributed by atoms with Crippen LogP contribution in [0.3, 0.4) is 0 Å². The molecule has 0 aliphatic heterocycles. The zero-order valence-electron chi connectivity index (χ0n) is 11.7. The zero-order chi connectivity index (χ0) is 14.5. The highest BCUT2D eigenvalue weighted by atomic mass is 16.3. The predicted octanol–water partition coefficient (Wildman–Crippen LogP) is 3.77. The molecule has 1 atom stereocenters. The van der Waals surface area contributed by atoms with Crippen molar-refractivity contribution < 1.29 is 5.11 Å². The number of aliphatic hydroxyl groups is 1. The third-order valence-corrected chi connectivity index (χ3v) is 3.41. The predicted molar refractivity (Wildman–Crippen MR) is 80.9 cm³/mol. The van der Waals surface area contributed by atoms with Crippen LogP contribution in [0.2, 0.25) is 0 Å². The summed E-state index contributed by atoms with van der Waals surface area (Å²) < 4.78 is 0. The van der Waals surface area contributed by atoms with E-state index in [0.29, 0.717) is 12.0 Å². The van der Waals surface area contributed by atoms with Gasteiger partial charge in [-0.05, 0) is 30.7 Å². The molecule has 2 rings (SSSR count). The van der Waals surface area contributed by atoms with E-state index < -0.39 is 6.10 Å². The summed E-state index contributed by atoms with van der Waals surface area (Å²) >= 11 is 0. The molecule has 2 aromatic rings. The van der Waals surface area contributed by atoms with E-state index in [4.69, 9.17) is 5.26 Å². The van der Waals surface area contributed by atoms with Gasteiger partial charge in [0.2, 0.25) is 0 Å². The molecular formula is C17H18N2O. The van der Waals surface area contributed by atoms with Crippen molar-refractivity contribution in [3.05, 3.63) is 59.7 Å². The zero-order valence-corrected chi connectivity index (χ0v) is 11.7. The van der Waals surface area contributed by atoms with Gasteiger partial charge in [-0.3, -0.25) is 0 Å². The van der Waals surface area contributed by atoms with Crippen LogP contribution >= 0.6 is 0 Å². The van der Waals surface area contributed by atoms with Crippen molar-refractivity contribution in [3.8, 4) is 6.07 Å². The van der Waals surface area contributed by atoms with E-state index in [1.54, 1.807) is 6.07 Å². The fraction of sp³-hybridized carbons (Fsp3) is 0.235. The lowest BCUT2D eigenvalue weighted by molar-refractivity contribution is 0.174. The number of para-hydroxylation sites is 1. The Morgan fingerprint density at radius 3 is 2.65 bits per heavy atom. The van der Waals surface area contributed by atoms with Crippen LogP contribution in [0.15, 0.2) is 48.5 Å². The Labute approximate surface area is 119 Å². The van der Waals surface area contributed by atoms with Gasteiger partial charge in [-0.15, -0.1) is 0 Å². The second-order valence-electron chi connectivity index (χ2n) is 4.70. The van der Waals surface area contributed by atoms with Gasteiger partial charge in [0.1, 0.15) is 0 Å². The second-order valence-corrected chi connectivity index (χ2v) is 4.70. The number of hydrogen-bond acceptors (Lipinski definition) is 3. The van der Waals surface area contributed by atoms with E-state index >= 15 is 0 Å². The maximum atomic E-state index is 10.1. The molecule has 20 heavy (non-hydrogen) atoms. The summed E-state index contributed by atoms with van der Waals surface area (Å²) in [6, 6.07) is 17.4. The number of nitrogens with zero attached hydrogens (tertiary/aromatic N) is 2. The highest BCUT2D eigenvalue weighted by molar-refractivity contribution is 5.67. The van der Waals surface area contributed by atoms with E-state index in [9.17, 15) is 5.11 Å². The van der Waals surface area contributed by atoms with Crippen LogP contribution in [-0.2, 0) is 0 Å². The van der Waals surface area contributed by atoms with Crippen LogP contribution in [0.1, 0.15) is 30.6 Å². The molecule has 2 aromatic carbocycles. The van der Waals surface area contributed by atoms with E-state index in [2.05, 4.69) is 6.07 Å². The number of anilines is 2. The summed E-state index contributed by atoms with van der Waals surface area (Å²) in [6.07, 6.45) is 0.191. The Morgan fingerprint density at radius 1 is 1.20 bits per heavy atom. The van der Waals surface area contributed by atoms with Crippen LogP contribution in [0.4, 0.5) is 11.4 Å². The second kappa shape index (κ2) is 6.23. The van der Waals surface area contributed by atoms with E-state index in [1.165, 1.54) is 0 Å². The monoisotopic (exact) mass is 266 g/mol. The standard InChI is InChI=1S/C17H18N2O/c1-3-17(20)15-9-4-5-10-16(15)19(2)14-8-6-7-13(11-14)12-18/h4-11,17,20H,3H2,1-2H3. The fourth-order valence-electron chi connectivity index (χ4n) is 2.22. The molecule has 0 heterocycles. The highest BCUT2D eigenvalue weighted by Crippen LogP contribution is 2.32. The average Bonchev–Trinajstić information content (AvgIpc) is 2.53. The summed E-state index contributed by atoms with van der Waals surface area (Å²) in [5.74, 6) is 0. The molecule has 1 N–H and O–H groups in total. The van der Waals surface area contributed by atoms with Gasteiger partial charge in [0.05, 0.1) is 17.7 Å². The molecular weight excluding hydrogens is 248 g/mol. The first-order valence-corrected chi connectivity index (χ1v) is 6.68. The minimum absolute atomic E-state index is 0.479. The molecule has 0 aliphatic rings. The lowest BCUT2D eigenvalue weighted by Crippen LogP contribution is -2.13. The molecule has 0 fully saturated rings. The maximum absolute atomic E-state index is 10.1. The first kappa shape index (κ1) is 14.1. The van der Waals surface area contributed by atoms with Crippen molar-refractivity contribution in [1.29, 1.82) is 5.26 Å². The van der Waals surface area contributed by atoms with Gasteiger partial charge in [0.25, 0.3) is 0 Å². The SMILES string of the molecule is CCC(O)c1ccccc1N(C)c1cccc(C#N)c1. The quantitative estimate of drug-likeness (QED) is 0.916. The van der Waals surface area contributed by atoms with Crippen molar-refractivity contribution in [1.82, 2.24) is 0 Å². The smallest absolute Gasteiger partial charge is 0.0992 e. The average molecular weight is 266 g/mol. The van der Waals surface area contributed by atoms with Crippen LogP contribution in [-0.4, -0.2) is 12.2 Å². The van der Waals surface area contributed by atoms with Crippen LogP contribution in [0, 0.1) is 11.3 Å². The van der Waals surface area contributed by atoms with Crippen LogP contribution in [0.25, 0.3) is 0 Å². The van der Waals surface area contributed by atoms with Crippen LogP contribution in [0.5, 0.6) is 0 Å². The lowest BCUT2D eigenvalue weighted by atomic mass is 10.0. The number of nitriles is 1. The minimum atomic E-state index is -0.479. The summed E-state index contributed by atoms with van der Waals surface area (Å²) in [5, 5.41) is 19.1. The van der Waals surface area contributed by atoms with Crippen molar-refractivity contribution in [2.75, 3.05) is 11.9 Å². The largest absolute Gasteiger partial charge is 0.388 e. The molecule has 1 unspecified atom stereocenters. The molecule has 0 radical (unpaired) electrons. The van der Waals surface area contributed by atoms with E-state index in [0.717, 1.165) is 16.9 Å². The third kappa shape index (κ3) is 2.81. The summed E-state index contributed by atoms with van der Waals surface area (Å²) in [7, 11) is 1.94. The van der Waals surface area contributed by atoms with Gasteiger partial charge >= 0.3 is 0 Å². The molecule has 102 valence electrons. The molecule has 0 saturated heterocycles. The highest BCUT2D eigenvalue weighted by Gasteiger charge is 2.14. The molecule has 0 amide bonds. The number of hydrogen-bond donors (Lipinski definition) is 1. The van der Waals surface area contributed by atoms with Crippen molar-refractivity contribution in [2.45, 2.75) is 19.4 Å². The molecule has 0 saturated carbocycles. The molecule has 0 spiro atoms. The lowest BCUT2D eigenvalue weighted by Gasteiger charge is -2.24. The van der Waals surface area contributed by atoms with Gasteiger partial charge in [0, 0.05) is 24.0 Å². The summed E-state index contributed by atoms with van der Waals surface area (Å²) in [4.78, 5) is 2.00. The van der Waals surface area contributed by atoms with E-state index in [-0.39, 0.29) is 0 Å². The molecule has 0 bridgehead atoms. The van der Waals surface area contributed by atoms with Gasteiger partial charge in [0.15, 0.2) is 0 Å². The van der Waals surface area contributed by atoms with Crippen molar-refractivity contribution >= 4 is 11.4 Å². The van der Waals surface area contributed by atoms with Crippen molar-refractivity contribution in [2.24, 2.45) is 0 Å². The number of aliphatic hydroxyl groups excluding tert-OH is 1. The Balaban J connectivity index is 2.43. The maximum Gasteiger partial charge on any atom is 0.0992 e. The van der Waals surface area contributed by atoms with Gasteiger partial charge in [-0.25, -0.2) is 0 Å². The van der Waals surface area contributed by atoms with Gasteiger partial charge in [-0.2, -0.15) is 5.26 Å². The molecule has 3 nitrogen and oxygen atoms in total. The first-order valence-electron chi connectivity index (χ1n) is 6.68. The normalized spacial score (nSPS) is 11.7. The Bertz CT molecular complexity index is 631. The minimum Gasteiger partial charge on any atom is -0.388 e. The Kier molecular flexibility index (Phi) is 4.39. The fourth-order valence-corrected chi connectivity index (χ4v) is 2.22. The van der Waals surface area contributed by atoms with Crippen LogP contribution < -0.4 is 4.90 Å². The summed E-state index contributed by atoms with van der Waals surface area (Å²) in [5.41, 5.74) is 3.42. The van der Waals surface area contributed by atoms with Gasteiger partial charge < -0.3 is 10.0 Å².